The smallest absolute Gasteiger partial charge is 0.224 e. The van der Waals surface area contributed by atoms with Crippen LogP contribution in [-0.4, -0.2) is 5.91 Å². The maximum Gasteiger partial charge on any atom is 0.224 e. The topological polar surface area (TPSA) is 55.1 Å². The second-order valence-electron chi connectivity index (χ2n) is 5.67. The average Bonchev–Trinajstić information content (AvgIpc) is 2.41. The van der Waals surface area contributed by atoms with Gasteiger partial charge in [0.25, 0.3) is 0 Å². The van der Waals surface area contributed by atoms with Crippen LogP contribution in [0.1, 0.15) is 50.5 Å². The van der Waals surface area contributed by atoms with Crippen LogP contribution in [0.25, 0.3) is 0 Å². The van der Waals surface area contributed by atoms with Gasteiger partial charge in [-0.25, -0.2) is 0 Å². The Morgan fingerprint density at radius 3 is 2.74 bits per heavy atom. The van der Waals surface area contributed by atoms with Crippen LogP contribution in [0, 0.1) is 12.8 Å². The molecule has 3 heteroatoms. The van der Waals surface area contributed by atoms with Crippen molar-refractivity contribution in [2.75, 3.05) is 11.1 Å². The highest BCUT2D eigenvalue weighted by molar-refractivity contribution is 5.91. The Balaban J connectivity index is 1.80. The summed E-state index contributed by atoms with van der Waals surface area (Å²) < 4.78 is 0. The number of nitrogens with one attached hydrogen (secondary N) is 1. The van der Waals surface area contributed by atoms with E-state index >= 15 is 0 Å². The van der Waals surface area contributed by atoms with Gasteiger partial charge in [0.05, 0.1) is 0 Å². The second-order valence-corrected chi connectivity index (χ2v) is 5.67. The molecule has 0 radical (unpaired) electrons. The molecule has 1 fully saturated rings. The van der Waals surface area contributed by atoms with Gasteiger partial charge in [0, 0.05) is 17.8 Å². The van der Waals surface area contributed by atoms with E-state index in [9.17, 15) is 4.79 Å². The molecule has 3 N–H and O–H groups in total. The largest absolute Gasteiger partial charge is 0.399 e. The normalized spacial score (nSPS) is 16.3. The molecule has 0 unspecified atom stereocenters. The van der Waals surface area contributed by atoms with Gasteiger partial charge in [-0.3, -0.25) is 4.79 Å². The highest BCUT2D eigenvalue weighted by Gasteiger charge is 2.15. The molecule has 104 valence electrons. The van der Waals surface area contributed by atoms with E-state index in [1.807, 2.05) is 25.1 Å². The maximum absolute atomic E-state index is 11.9. The lowest BCUT2D eigenvalue weighted by atomic mass is 9.86. The molecule has 0 heterocycles. The molecule has 0 atom stereocenters. The third-order valence-corrected chi connectivity index (χ3v) is 4.03. The third-order valence-electron chi connectivity index (χ3n) is 4.03. The van der Waals surface area contributed by atoms with Crippen LogP contribution in [0.2, 0.25) is 0 Å². The number of rotatable bonds is 4. The Bertz CT molecular complexity index is 436. The van der Waals surface area contributed by atoms with E-state index in [0.717, 1.165) is 29.3 Å². The van der Waals surface area contributed by atoms with Crippen molar-refractivity contribution in [3.05, 3.63) is 23.8 Å². The molecule has 19 heavy (non-hydrogen) atoms. The van der Waals surface area contributed by atoms with Gasteiger partial charge < -0.3 is 11.1 Å². The summed E-state index contributed by atoms with van der Waals surface area (Å²) in [7, 11) is 0. The molecule has 3 nitrogen and oxygen atoms in total. The Morgan fingerprint density at radius 2 is 2.05 bits per heavy atom. The van der Waals surface area contributed by atoms with Gasteiger partial charge in [-0.2, -0.15) is 0 Å². The van der Waals surface area contributed by atoms with Crippen LogP contribution in [0.5, 0.6) is 0 Å². The zero-order chi connectivity index (χ0) is 13.7. The Kier molecular flexibility index (Phi) is 4.83. The van der Waals surface area contributed by atoms with E-state index in [0.29, 0.717) is 6.42 Å². The summed E-state index contributed by atoms with van der Waals surface area (Å²) in [6, 6.07) is 5.59. The van der Waals surface area contributed by atoms with Crippen molar-refractivity contribution < 1.29 is 4.79 Å². The van der Waals surface area contributed by atoms with E-state index in [-0.39, 0.29) is 5.91 Å². The minimum Gasteiger partial charge on any atom is -0.399 e. The number of nitrogens with two attached hydrogens (primary N) is 1. The van der Waals surface area contributed by atoms with E-state index in [1.54, 1.807) is 0 Å². The Morgan fingerprint density at radius 1 is 1.32 bits per heavy atom. The van der Waals surface area contributed by atoms with Crippen molar-refractivity contribution in [1.82, 2.24) is 0 Å². The van der Waals surface area contributed by atoms with Gasteiger partial charge in [-0.15, -0.1) is 0 Å². The molecule has 2 rings (SSSR count). The lowest BCUT2D eigenvalue weighted by Gasteiger charge is -2.21. The van der Waals surface area contributed by atoms with Gasteiger partial charge in [-0.05, 0) is 43.0 Å². The van der Waals surface area contributed by atoms with E-state index in [2.05, 4.69) is 5.32 Å². The predicted molar refractivity (Wildman–Crippen MR) is 80.0 cm³/mol. The van der Waals surface area contributed by atoms with Crippen LogP contribution in [0.15, 0.2) is 18.2 Å². The Hall–Kier alpha value is -1.51. The zero-order valence-corrected chi connectivity index (χ0v) is 11.7. The molecular formula is C16H24N2O. The molecule has 1 aliphatic carbocycles. The van der Waals surface area contributed by atoms with Crippen molar-refractivity contribution in [3.63, 3.8) is 0 Å². The highest BCUT2D eigenvalue weighted by Crippen LogP contribution is 2.27. The predicted octanol–water partition coefficient (Wildman–Crippen LogP) is 3.88. The third kappa shape index (κ3) is 4.27. The molecular weight excluding hydrogens is 236 g/mol. The number of hydrogen-bond donors (Lipinski definition) is 2. The molecule has 0 spiro atoms. The number of nitrogen functional groups attached to an aromatic ring is 1. The van der Waals surface area contributed by atoms with Crippen molar-refractivity contribution in [1.29, 1.82) is 0 Å². The van der Waals surface area contributed by atoms with E-state index < -0.39 is 0 Å². The maximum atomic E-state index is 11.9. The van der Waals surface area contributed by atoms with Crippen LogP contribution in [0.4, 0.5) is 11.4 Å². The van der Waals surface area contributed by atoms with Crippen molar-refractivity contribution in [2.24, 2.45) is 5.92 Å². The summed E-state index contributed by atoms with van der Waals surface area (Å²) in [5.41, 5.74) is 8.33. The molecule has 0 aliphatic heterocycles. The van der Waals surface area contributed by atoms with Crippen molar-refractivity contribution in [3.8, 4) is 0 Å². The number of hydrogen-bond acceptors (Lipinski definition) is 2. The zero-order valence-electron chi connectivity index (χ0n) is 11.7. The molecule has 1 saturated carbocycles. The van der Waals surface area contributed by atoms with Crippen molar-refractivity contribution in [2.45, 2.75) is 51.9 Å². The summed E-state index contributed by atoms with van der Waals surface area (Å²) in [5, 5.41) is 2.98. The number of carbonyl (C=O) groups excluding carboxylic acids is 1. The fraction of sp³-hybridized carbons (Fsp3) is 0.562. The molecule has 1 aromatic rings. The minimum absolute atomic E-state index is 0.124. The van der Waals surface area contributed by atoms with Gasteiger partial charge in [0.15, 0.2) is 0 Å². The first kappa shape index (κ1) is 13.9. The van der Waals surface area contributed by atoms with Gasteiger partial charge >= 0.3 is 0 Å². The minimum atomic E-state index is 0.124. The molecule has 0 aromatic heterocycles. The van der Waals surface area contributed by atoms with Crippen LogP contribution < -0.4 is 11.1 Å². The van der Waals surface area contributed by atoms with Crippen LogP contribution in [0.3, 0.4) is 0 Å². The number of aryl methyl sites for hydroxylation is 1. The highest BCUT2D eigenvalue weighted by atomic mass is 16.1. The van der Waals surface area contributed by atoms with Crippen molar-refractivity contribution >= 4 is 17.3 Å². The van der Waals surface area contributed by atoms with Crippen LogP contribution >= 0.6 is 0 Å². The summed E-state index contributed by atoms with van der Waals surface area (Å²) in [6.45, 7) is 1.97. The first-order chi connectivity index (χ1) is 9.15. The lowest BCUT2D eigenvalue weighted by Crippen LogP contribution is -2.15. The average molecular weight is 260 g/mol. The summed E-state index contributed by atoms with van der Waals surface area (Å²) >= 11 is 0. The summed E-state index contributed by atoms with van der Waals surface area (Å²) in [5.74, 6) is 0.880. The summed E-state index contributed by atoms with van der Waals surface area (Å²) in [4.78, 5) is 11.9. The number of carbonyl (C=O) groups is 1. The second kappa shape index (κ2) is 6.60. The van der Waals surface area contributed by atoms with Crippen LogP contribution in [-0.2, 0) is 4.79 Å². The molecule has 1 aromatic carbocycles. The standard InChI is InChI=1S/C16H24N2O/c1-12-11-14(17)8-9-15(12)18-16(19)10-7-13-5-3-2-4-6-13/h8-9,11,13H,2-7,10,17H2,1H3,(H,18,19). The Labute approximate surface area is 115 Å². The molecule has 1 amide bonds. The SMILES string of the molecule is Cc1cc(N)ccc1NC(=O)CCC1CCCCC1. The fourth-order valence-corrected chi connectivity index (χ4v) is 2.85. The number of benzene rings is 1. The molecule has 0 bridgehead atoms. The monoisotopic (exact) mass is 260 g/mol. The van der Waals surface area contributed by atoms with E-state index in [1.165, 1.54) is 32.1 Å². The lowest BCUT2D eigenvalue weighted by molar-refractivity contribution is -0.116. The van der Waals surface area contributed by atoms with Gasteiger partial charge in [0.1, 0.15) is 0 Å². The molecule has 0 saturated heterocycles. The quantitative estimate of drug-likeness (QED) is 0.807. The number of amides is 1. The van der Waals surface area contributed by atoms with Gasteiger partial charge in [-0.1, -0.05) is 32.1 Å². The van der Waals surface area contributed by atoms with Gasteiger partial charge in [0.2, 0.25) is 5.91 Å². The number of anilines is 2. The summed E-state index contributed by atoms with van der Waals surface area (Å²) in [6.07, 6.45) is 8.30. The molecule has 1 aliphatic rings. The fourth-order valence-electron chi connectivity index (χ4n) is 2.85. The first-order valence-corrected chi connectivity index (χ1v) is 7.31. The first-order valence-electron chi connectivity index (χ1n) is 7.31. The van der Waals surface area contributed by atoms with E-state index in [4.69, 9.17) is 5.73 Å².